The predicted molar refractivity (Wildman–Crippen MR) is 100 cm³/mol. The minimum absolute atomic E-state index is 0.547. The van der Waals surface area contributed by atoms with E-state index in [1.165, 1.54) is 29.1 Å². The Morgan fingerprint density at radius 3 is 2.76 bits per heavy atom. The van der Waals surface area contributed by atoms with Crippen LogP contribution < -0.4 is 4.90 Å². The van der Waals surface area contributed by atoms with Crippen molar-refractivity contribution in [3.8, 4) is 0 Å². The molecule has 4 nitrogen and oxygen atoms in total. The Morgan fingerprint density at radius 2 is 1.88 bits per heavy atom. The number of likely N-dealkylation sites (tertiary alicyclic amines) is 1. The fourth-order valence-electron chi connectivity index (χ4n) is 3.80. The lowest BCUT2D eigenvalue weighted by atomic mass is 9.99. The lowest BCUT2D eigenvalue weighted by molar-refractivity contribution is -0.921. The molecule has 1 aliphatic heterocycles. The van der Waals surface area contributed by atoms with Crippen molar-refractivity contribution in [1.29, 1.82) is 0 Å². The van der Waals surface area contributed by atoms with E-state index in [0.717, 1.165) is 35.6 Å². The van der Waals surface area contributed by atoms with Crippen molar-refractivity contribution in [2.75, 3.05) is 13.1 Å². The standard InChI is InChI=1S/C20H19N3OS/c1-3-9-17-15(7-1)21-19(24-17)13-23-11-5-6-14(12-23)20-22-16-8-2-4-10-18(16)25-20/h1-4,7-10,14H,5-6,11-13H2/p+1/t14-/m1/s1. The van der Waals surface area contributed by atoms with Crippen LogP contribution in [0.2, 0.25) is 0 Å². The molecule has 4 aromatic rings. The van der Waals surface area contributed by atoms with Gasteiger partial charge in [0.2, 0.25) is 0 Å². The largest absolute Gasteiger partial charge is 0.435 e. The molecule has 1 unspecified atom stereocenters. The van der Waals surface area contributed by atoms with Crippen molar-refractivity contribution in [2.45, 2.75) is 25.3 Å². The number of quaternary nitrogens is 1. The highest BCUT2D eigenvalue weighted by Gasteiger charge is 2.28. The second kappa shape index (κ2) is 6.24. The Kier molecular flexibility index (Phi) is 3.76. The van der Waals surface area contributed by atoms with Crippen LogP contribution in [0.5, 0.6) is 0 Å². The van der Waals surface area contributed by atoms with Gasteiger partial charge in [-0.3, -0.25) is 0 Å². The third-order valence-electron chi connectivity index (χ3n) is 5.02. The van der Waals surface area contributed by atoms with Crippen molar-refractivity contribution in [2.24, 2.45) is 0 Å². The third-order valence-corrected chi connectivity index (χ3v) is 6.22. The lowest BCUT2D eigenvalue weighted by Gasteiger charge is -2.27. The summed E-state index contributed by atoms with van der Waals surface area (Å²) in [6.45, 7) is 3.15. The first-order chi connectivity index (χ1) is 12.3. The van der Waals surface area contributed by atoms with Crippen LogP contribution in [0.3, 0.4) is 0 Å². The van der Waals surface area contributed by atoms with E-state index in [4.69, 9.17) is 9.40 Å². The van der Waals surface area contributed by atoms with Gasteiger partial charge in [0.1, 0.15) is 10.5 Å². The predicted octanol–water partition coefficient (Wildman–Crippen LogP) is 3.40. The molecule has 126 valence electrons. The number of thiazole rings is 1. The summed E-state index contributed by atoms with van der Waals surface area (Å²) in [6.07, 6.45) is 2.47. The van der Waals surface area contributed by atoms with E-state index in [1.807, 2.05) is 35.6 Å². The van der Waals surface area contributed by atoms with E-state index in [0.29, 0.717) is 5.92 Å². The van der Waals surface area contributed by atoms with Gasteiger partial charge < -0.3 is 9.32 Å². The maximum Gasteiger partial charge on any atom is 0.251 e. The number of hydrogen-bond acceptors (Lipinski definition) is 4. The normalized spacial score (nSPS) is 21.1. The van der Waals surface area contributed by atoms with Gasteiger partial charge in [-0.2, -0.15) is 0 Å². The molecule has 2 aromatic carbocycles. The van der Waals surface area contributed by atoms with Crippen LogP contribution in [-0.4, -0.2) is 23.1 Å². The number of rotatable bonds is 3. The number of benzene rings is 2. The summed E-state index contributed by atoms with van der Waals surface area (Å²) in [5, 5.41) is 1.29. The first kappa shape index (κ1) is 15.0. The Hall–Kier alpha value is -2.24. The Balaban J connectivity index is 1.35. The number of fused-ring (bicyclic) bond motifs is 2. The summed E-state index contributed by atoms with van der Waals surface area (Å²) >= 11 is 1.85. The van der Waals surface area contributed by atoms with Crippen LogP contribution in [0, 0.1) is 0 Å². The highest BCUT2D eigenvalue weighted by Crippen LogP contribution is 2.30. The molecular weight excluding hydrogens is 330 g/mol. The van der Waals surface area contributed by atoms with Gasteiger partial charge in [-0.1, -0.05) is 24.3 Å². The highest BCUT2D eigenvalue weighted by molar-refractivity contribution is 7.18. The smallest absolute Gasteiger partial charge is 0.251 e. The number of oxazole rings is 1. The monoisotopic (exact) mass is 350 g/mol. The first-order valence-electron chi connectivity index (χ1n) is 8.89. The Bertz CT molecular complexity index is 956. The molecule has 0 saturated carbocycles. The molecule has 0 bridgehead atoms. The molecule has 0 amide bonds. The summed E-state index contributed by atoms with van der Waals surface area (Å²) in [4.78, 5) is 11.1. The lowest BCUT2D eigenvalue weighted by Crippen LogP contribution is -3.12. The molecule has 0 aliphatic carbocycles. The van der Waals surface area contributed by atoms with E-state index in [1.54, 1.807) is 4.90 Å². The molecule has 0 radical (unpaired) electrons. The molecule has 1 aliphatic rings. The minimum atomic E-state index is 0.547. The van der Waals surface area contributed by atoms with Gasteiger partial charge in [-0.05, 0) is 37.1 Å². The molecule has 2 aromatic heterocycles. The number of hydrogen-bond donors (Lipinski definition) is 1. The quantitative estimate of drug-likeness (QED) is 0.616. The van der Waals surface area contributed by atoms with Crippen LogP contribution >= 0.6 is 11.3 Å². The van der Waals surface area contributed by atoms with E-state index in [-0.39, 0.29) is 0 Å². The zero-order valence-electron chi connectivity index (χ0n) is 13.9. The van der Waals surface area contributed by atoms with Crippen LogP contribution in [0.25, 0.3) is 21.3 Å². The Labute approximate surface area is 150 Å². The zero-order chi connectivity index (χ0) is 16.6. The number of piperidine rings is 1. The molecule has 5 heteroatoms. The van der Waals surface area contributed by atoms with Crippen molar-refractivity contribution < 1.29 is 9.32 Å². The summed E-state index contributed by atoms with van der Waals surface area (Å²) in [5.74, 6) is 1.40. The molecule has 1 saturated heterocycles. The zero-order valence-corrected chi connectivity index (χ0v) is 14.8. The maximum absolute atomic E-state index is 5.91. The second-order valence-electron chi connectivity index (χ2n) is 6.82. The first-order valence-corrected chi connectivity index (χ1v) is 9.70. The SMILES string of the molecule is c1ccc2oc(C[NH+]3CCC[C@@H](c4nc5ccccc5s4)C3)nc2c1. The molecule has 2 atom stereocenters. The van der Waals surface area contributed by atoms with Gasteiger partial charge in [0.25, 0.3) is 5.89 Å². The Morgan fingerprint density at radius 1 is 1.04 bits per heavy atom. The molecule has 25 heavy (non-hydrogen) atoms. The van der Waals surface area contributed by atoms with Crippen LogP contribution in [0.1, 0.15) is 29.7 Å². The van der Waals surface area contributed by atoms with Gasteiger partial charge >= 0.3 is 0 Å². The van der Waals surface area contributed by atoms with Gasteiger partial charge in [-0.15, -0.1) is 11.3 Å². The number of para-hydroxylation sites is 3. The minimum Gasteiger partial charge on any atom is -0.435 e. The van der Waals surface area contributed by atoms with E-state index < -0.39 is 0 Å². The van der Waals surface area contributed by atoms with Crippen molar-refractivity contribution in [3.05, 3.63) is 59.4 Å². The molecule has 1 fully saturated rings. The van der Waals surface area contributed by atoms with Gasteiger partial charge in [-0.25, -0.2) is 9.97 Å². The number of nitrogens with zero attached hydrogens (tertiary/aromatic N) is 2. The summed E-state index contributed by atoms with van der Waals surface area (Å²) in [6, 6.07) is 16.4. The molecule has 0 spiro atoms. The fraction of sp³-hybridized carbons (Fsp3) is 0.300. The van der Waals surface area contributed by atoms with E-state index in [2.05, 4.69) is 29.2 Å². The number of aromatic nitrogens is 2. The van der Waals surface area contributed by atoms with E-state index >= 15 is 0 Å². The van der Waals surface area contributed by atoms with Crippen molar-refractivity contribution in [3.63, 3.8) is 0 Å². The average molecular weight is 350 g/mol. The van der Waals surface area contributed by atoms with E-state index in [9.17, 15) is 0 Å². The van der Waals surface area contributed by atoms with Crippen LogP contribution in [-0.2, 0) is 6.54 Å². The van der Waals surface area contributed by atoms with Gasteiger partial charge in [0.05, 0.1) is 29.2 Å². The highest BCUT2D eigenvalue weighted by atomic mass is 32.1. The summed E-state index contributed by atoms with van der Waals surface area (Å²) in [7, 11) is 0. The van der Waals surface area contributed by atoms with Gasteiger partial charge in [0, 0.05) is 0 Å². The van der Waals surface area contributed by atoms with Crippen molar-refractivity contribution in [1.82, 2.24) is 9.97 Å². The molecule has 1 N–H and O–H groups in total. The summed E-state index contributed by atoms with van der Waals surface area (Å²) < 4.78 is 7.21. The maximum atomic E-state index is 5.91. The summed E-state index contributed by atoms with van der Waals surface area (Å²) in [5.41, 5.74) is 2.97. The van der Waals surface area contributed by atoms with Gasteiger partial charge in [0.15, 0.2) is 12.1 Å². The topological polar surface area (TPSA) is 43.4 Å². The van der Waals surface area contributed by atoms with Crippen LogP contribution in [0.15, 0.2) is 52.9 Å². The molecule has 3 heterocycles. The number of nitrogens with one attached hydrogen (secondary N) is 1. The second-order valence-corrected chi connectivity index (χ2v) is 7.88. The van der Waals surface area contributed by atoms with Crippen LogP contribution in [0.4, 0.5) is 0 Å². The van der Waals surface area contributed by atoms with Crippen molar-refractivity contribution >= 4 is 32.7 Å². The fourth-order valence-corrected chi connectivity index (χ4v) is 4.90. The molecule has 5 rings (SSSR count). The third kappa shape index (κ3) is 2.94. The average Bonchev–Trinajstić information content (AvgIpc) is 3.25. The molecular formula is C20H20N3OS+.